The summed E-state index contributed by atoms with van der Waals surface area (Å²) >= 11 is 9.20. The van der Waals surface area contributed by atoms with Gasteiger partial charge in [-0.25, -0.2) is 0 Å². The number of halogens is 1. The van der Waals surface area contributed by atoms with Crippen LogP contribution in [-0.4, -0.2) is 22.3 Å². The SMILES string of the molecule is COc1c(Sc2c(SCCl)cnc3ccccc23)cnc2ccccc12. The molecule has 2 aromatic heterocycles. The molecular weight excluding hydrogens is 384 g/mol. The van der Waals surface area contributed by atoms with Crippen LogP contribution in [-0.2, 0) is 0 Å². The van der Waals surface area contributed by atoms with E-state index in [0.717, 1.165) is 42.2 Å². The number of hydrogen-bond acceptors (Lipinski definition) is 5. The second-order valence-corrected chi connectivity index (χ2v) is 8.15. The van der Waals surface area contributed by atoms with Crippen molar-refractivity contribution in [2.24, 2.45) is 0 Å². The Kier molecular flexibility index (Phi) is 5.20. The van der Waals surface area contributed by atoms with Crippen LogP contribution in [0.3, 0.4) is 0 Å². The summed E-state index contributed by atoms with van der Waals surface area (Å²) in [4.78, 5) is 12.3. The van der Waals surface area contributed by atoms with Crippen LogP contribution in [0.15, 0.2) is 75.6 Å². The molecule has 4 rings (SSSR count). The van der Waals surface area contributed by atoms with E-state index in [1.165, 1.54) is 0 Å². The van der Waals surface area contributed by atoms with Crippen LogP contribution in [0.1, 0.15) is 0 Å². The van der Waals surface area contributed by atoms with E-state index in [9.17, 15) is 0 Å². The quantitative estimate of drug-likeness (QED) is 0.294. The molecule has 0 atom stereocenters. The van der Waals surface area contributed by atoms with E-state index < -0.39 is 0 Å². The lowest BCUT2D eigenvalue weighted by atomic mass is 10.2. The van der Waals surface area contributed by atoms with E-state index in [-0.39, 0.29) is 0 Å². The topological polar surface area (TPSA) is 35.0 Å². The van der Waals surface area contributed by atoms with Gasteiger partial charge >= 0.3 is 0 Å². The Bertz CT molecular complexity index is 1090. The molecular formula is C20H15ClN2OS2. The molecule has 2 aromatic carbocycles. The normalized spacial score (nSPS) is 11.2. The Morgan fingerprint density at radius 2 is 1.50 bits per heavy atom. The first kappa shape index (κ1) is 17.5. The van der Waals surface area contributed by atoms with Crippen molar-refractivity contribution in [1.29, 1.82) is 0 Å². The Labute approximate surface area is 165 Å². The molecule has 0 aliphatic carbocycles. The number of thioether (sulfide) groups is 1. The van der Waals surface area contributed by atoms with Crippen molar-refractivity contribution in [3.63, 3.8) is 0 Å². The molecule has 6 heteroatoms. The third-order valence-corrected chi connectivity index (χ3v) is 6.35. The van der Waals surface area contributed by atoms with E-state index in [1.807, 2.05) is 54.9 Å². The highest BCUT2D eigenvalue weighted by molar-refractivity contribution is 8.03. The zero-order chi connectivity index (χ0) is 17.9. The number of pyridine rings is 2. The summed E-state index contributed by atoms with van der Waals surface area (Å²) in [6, 6.07) is 16.1. The summed E-state index contributed by atoms with van der Waals surface area (Å²) in [5, 5.41) is 2.58. The third kappa shape index (κ3) is 3.22. The van der Waals surface area contributed by atoms with Gasteiger partial charge in [0.1, 0.15) is 5.75 Å². The molecule has 0 saturated carbocycles. The predicted octanol–water partition coefficient (Wildman–Crippen LogP) is 6.23. The first-order valence-corrected chi connectivity index (χ1v) is 10.3. The van der Waals surface area contributed by atoms with Gasteiger partial charge in [0.2, 0.25) is 0 Å². The number of alkyl halides is 1. The third-order valence-electron chi connectivity index (χ3n) is 4.01. The Morgan fingerprint density at radius 1 is 0.885 bits per heavy atom. The minimum absolute atomic E-state index is 0.473. The van der Waals surface area contributed by atoms with Crippen LogP contribution in [0, 0.1) is 0 Å². The van der Waals surface area contributed by atoms with Crippen molar-refractivity contribution in [2.45, 2.75) is 14.7 Å². The minimum Gasteiger partial charge on any atom is -0.495 e. The second-order valence-electron chi connectivity index (χ2n) is 5.50. The molecule has 26 heavy (non-hydrogen) atoms. The van der Waals surface area contributed by atoms with Crippen molar-refractivity contribution in [2.75, 3.05) is 12.3 Å². The molecule has 0 unspecified atom stereocenters. The van der Waals surface area contributed by atoms with Crippen LogP contribution in [0.2, 0.25) is 0 Å². The van der Waals surface area contributed by atoms with Gasteiger partial charge in [0.05, 0.1) is 28.3 Å². The number of nitrogens with zero attached hydrogens (tertiary/aromatic N) is 2. The lowest BCUT2D eigenvalue weighted by molar-refractivity contribution is 0.409. The van der Waals surface area contributed by atoms with Gasteiger partial charge in [0, 0.05) is 33.0 Å². The molecule has 130 valence electrons. The predicted molar refractivity (Wildman–Crippen MR) is 111 cm³/mol. The van der Waals surface area contributed by atoms with E-state index in [0.29, 0.717) is 5.21 Å². The van der Waals surface area contributed by atoms with Crippen LogP contribution in [0.5, 0.6) is 5.75 Å². The Hall–Kier alpha value is -1.95. The highest BCUT2D eigenvalue weighted by Crippen LogP contribution is 2.44. The van der Waals surface area contributed by atoms with E-state index in [2.05, 4.69) is 16.0 Å². The van der Waals surface area contributed by atoms with Gasteiger partial charge in [-0.05, 0) is 18.2 Å². The van der Waals surface area contributed by atoms with E-state index in [4.69, 9.17) is 16.3 Å². The molecule has 0 aliphatic rings. The van der Waals surface area contributed by atoms with E-state index >= 15 is 0 Å². The van der Waals surface area contributed by atoms with Gasteiger partial charge in [0.25, 0.3) is 0 Å². The number of rotatable bonds is 5. The Morgan fingerprint density at radius 3 is 2.19 bits per heavy atom. The number of ether oxygens (including phenoxy) is 1. The molecule has 0 N–H and O–H groups in total. The van der Waals surface area contributed by atoms with Crippen molar-refractivity contribution in [3.05, 3.63) is 60.9 Å². The maximum atomic E-state index is 5.99. The number of hydrogen-bond donors (Lipinski definition) is 0. The largest absolute Gasteiger partial charge is 0.495 e. The molecule has 0 radical (unpaired) electrons. The number of benzene rings is 2. The van der Waals surface area contributed by atoms with Gasteiger partial charge < -0.3 is 4.74 Å². The first-order chi connectivity index (χ1) is 12.8. The number of methoxy groups -OCH3 is 1. The number of fused-ring (bicyclic) bond motifs is 2. The monoisotopic (exact) mass is 398 g/mol. The average molecular weight is 399 g/mol. The maximum absolute atomic E-state index is 5.99. The van der Waals surface area contributed by atoms with Gasteiger partial charge in [-0.3, -0.25) is 9.97 Å². The van der Waals surface area contributed by atoms with Crippen molar-refractivity contribution in [1.82, 2.24) is 9.97 Å². The summed E-state index contributed by atoms with van der Waals surface area (Å²) in [6.45, 7) is 0. The molecule has 0 spiro atoms. The molecule has 2 heterocycles. The highest BCUT2D eigenvalue weighted by Gasteiger charge is 2.16. The van der Waals surface area contributed by atoms with Gasteiger partial charge in [-0.2, -0.15) is 0 Å². The fourth-order valence-corrected chi connectivity index (χ4v) is 5.04. The standard InChI is InChI=1S/C20H15ClN2OS2/c1-24-19-13-6-2-4-8-15(13)22-10-17(19)26-20-14-7-3-5-9-16(14)23-11-18(20)25-12-21/h2-11H,12H2,1H3. The van der Waals surface area contributed by atoms with Crippen molar-refractivity contribution in [3.8, 4) is 5.75 Å². The maximum Gasteiger partial charge on any atom is 0.143 e. The Balaban J connectivity index is 1.89. The molecule has 0 fully saturated rings. The fraction of sp³-hybridized carbons (Fsp3) is 0.100. The molecule has 0 bridgehead atoms. The second kappa shape index (κ2) is 7.74. The summed E-state index contributed by atoms with van der Waals surface area (Å²) in [5.74, 6) is 0.836. The summed E-state index contributed by atoms with van der Waals surface area (Å²) in [5.41, 5.74) is 1.88. The molecule has 0 aliphatic heterocycles. The van der Waals surface area contributed by atoms with Crippen molar-refractivity contribution >= 4 is 56.9 Å². The number of para-hydroxylation sites is 2. The average Bonchev–Trinajstić information content (AvgIpc) is 2.69. The number of aromatic nitrogens is 2. The van der Waals surface area contributed by atoms with E-state index in [1.54, 1.807) is 30.6 Å². The van der Waals surface area contributed by atoms with Crippen LogP contribution >= 0.6 is 35.1 Å². The summed E-state index contributed by atoms with van der Waals surface area (Å²) in [6.07, 6.45) is 3.76. The lowest BCUT2D eigenvalue weighted by Gasteiger charge is -2.14. The van der Waals surface area contributed by atoms with Crippen molar-refractivity contribution < 1.29 is 4.74 Å². The van der Waals surface area contributed by atoms with Crippen LogP contribution in [0.4, 0.5) is 0 Å². The molecule has 0 amide bonds. The smallest absolute Gasteiger partial charge is 0.143 e. The van der Waals surface area contributed by atoms with Crippen LogP contribution in [0.25, 0.3) is 21.8 Å². The highest BCUT2D eigenvalue weighted by atomic mass is 35.5. The van der Waals surface area contributed by atoms with Crippen LogP contribution < -0.4 is 4.74 Å². The molecule has 3 nitrogen and oxygen atoms in total. The minimum atomic E-state index is 0.473. The van der Waals surface area contributed by atoms with Gasteiger partial charge in [-0.15, -0.1) is 23.4 Å². The zero-order valence-electron chi connectivity index (χ0n) is 14.0. The zero-order valence-corrected chi connectivity index (χ0v) is 16.4. The lowest BCUT2D eigenvalue weighted by Crippen LogP contribution is -1.92. The fourth-order valence-electron chi connectivity index (χ4n) is 2.86. The first-order valence-electron chi connectivity index (χ1n) is 7.98. The van der Waals surface area contributed by atoms with Gasteiger partial charge in [0.15, 0.2) is 0 Å². The summed E-state index contributed by atoms with van der Waals surface area (Å²) < 4.78 is 5.73. The summed E-state index contributed by atoms with van der Waals surface area (Å²) in [7, 11) is 1.70. The molecule has 4 aromatic rings. The molecule has 0 saturated heterocycles. The van der Waals surface area contributed by atoms with Gasteiger partial charge in [-0.1, -0.05) is 42.1 Å².